The maximum atomic E-state index is 11.8. The zero-order valence-corrected chi connectivity index (χ0v) is 11.1. The van der Waals surface area contributed by atoms with Crippen LogP contribution in [0, 0.1) is 5.92 Å². The number of carbonyl (C=O) groups excluding carboxylic acids is 1. The molecule has 0 spiro atoms. The third kappa shape index (κ3) is 3.12. The molecule has 0 aliphatic carbocycles. The molecule has 0 aliphatic heterocycles. The molecule has 0 fully saturated rings. The van der Waals surface area contributed by atoms with E-state index in [1.165, 1.54) is 10.8 Å². The van der Waals surface area contributed by atoms with Gasteiger partial charge < -0.3 is 10.5 Å². The first-order valence-electron chi connectivity index (χ1n) is 6.59. The summed E-state index contributed by atoms with van der Waals surface area (Å²) in [7, 11) is 0. The minimum absolute atomic E-state index is 0.210. The molecule has 0 saturated carbocycles. The van der Waals surface area contributed by atoms with Gasteiger partial charge in [0, 0.05) is 6.54 Å². The normalized spacial score (nSPS) is 12.3. The van der Waals surface area contributed by atoms with E-state index in [2.05, 4.69) is 18.2 Å². The number of rotatable bonds is 5. The van der Waals surface area contributed by atoms with Gasteiger partial charge in [-0.05, 0) is 29.7 Å². The van der Waals surface area contributed by atoms with Crippen molar-refractivity contribution < 1.29 is 9.53 Å². The summed E-state index contributed by atoms with van der Waals surface area (Å²) in [5.41, 5.74) is 6.84. The first-order valence-corrected chi connectivity index (χ1v) is 6.59. The molecule has 0 amide bonds. The van der Waals surface area contributed by atoms with Crippen molar-refractivity contribution in [2.45, 2.75) is 13.3 Å². The smallest absolute Gasteiger partial charge is 0.310 e. The van der Waals surface area contributed by atoms with Crippen molar-refractivity contribution >= 4 is 16.7 Å². The average Bonchev–Trinajstić information content (AvgIpc) is 2.45. The Morgan fingerprint density at radius 3 is 2.68 bits per heavy atom. The van der Waals surface area contributed by atoms with Crippen LogP contribution >= 0.6 is 0 Å². The lowest BCUT2D eigenvalue weighted by Crippen LogP contribution is -2.27. The molecule has 0 aliphatic rings. The van der Waals surface area contributed by atoms with Gasteiger partial charge in [0.15, 0.2) is 0 Å². The van der Waals surface area contributed by atoms with Crippen LogP contribution in [0.15, 0.2) is 42.5 Å². The molecule has 0 radical (unpaired) electrons. The lowest BCUT2D eigenvalue weighted by atomic mass is 9.95. The van der Waals surface area contributed by atoms with Gasteiger partial charge in [0.25, 0.3) is 0 Å². The number of esters is 1. The molecule has 2 aromatic carbocycles. The molecule has 100 valence electrons. The maximum Gasteiger partial charge on any atom is 0.310 e. The Morgan fingerprint density at radius 1 is 1.21 bits per heavy atom. The van der Waals surface area contributed by atoms with Crippen molar-refractivity contribution in [1.29, 1.82) is 0 Å². The van der Waals surface area contributed by atoms with Crippen molar-refractivity contribution in [3.8, 4) is 0 Å². The van der Waals surface area contributed by atoms with Crippen LogP contribution in [0.1, 0.15) is 12.5 Å². The Labute approximate surface area is 113 Å². The van der Waals surface area contributed by atoms with E-state index in [1.807, 2.05) is 31.2 Å². The second-order valence-electron chi connectivity index (χ2n) is 4.53. The van der Waals surface area contributed by atoms with Gasteiger partial charge in [-0.1, -0.05) is 42.5 Å². The van der Waals surface area contributed by atoms with Crippen molar-refractivity contribution in [2.24, 2.45) is 11.7 Å². The first-order chi connectivity index (χ1) is 9.26. The number of fused-ring (bicyclic) bond motifs is 1. The summed E-state index contributed by atoms with van der Waals surface area (Å²) in [5, 5.41) is 2.35. The van der Waals surface area contributed by atoms with E-state index < -0.39 is 0 Å². The van der Waals surface area contributed by atoms with Gasteiger partial charge >= 0.3 is 5.97 Å². The summed E-state index contributed by atoms with van der Waals surface area (Å²) in [6.07, 6.45) is 0.622. The zero-order chi connectivity index (χ0) is 13.7. The minimum Gasteiger partial charge on any atom is -0.466 e. The number of benzene rings is 2. The predicted molar refractivity (Wildman–Crippen MR) is 76.8 cm³/mol. The summed E-state index contributed by atoms with van der Waals surface area (Å²) in [6.45, 7) is 2.51. The molecule has 2 rings (SSSR count). The first kappa shape index (κ1) is 13.6. The van der Waals surface area contributed by atoms with Crippen LogP contribution in [0.25, 0.3) is 10.8 Å². The quantitative estimate of drug-likeness (QED) is 0.837. The van der Waals surface area contributed by atoms with Crippen LogP contribution in [0.5, 0.6) is 0 Å². The Bertz CT molecular complexity index is 560. The summed E-state index contributed by atoms with van der Waals surface area (Å²) in [5.74, 6) is -0.483. The van der Waals surface area contributed by atoms with E-state index in [0.29, 0.717) is 19.6 Å². The average molecular weight is 257 g/mol. The number of nitrogens with two attached hydrogens (primary N) is 1. The highest BCUT2D eigenvalue weighted by molar-refractivity contribution is 5.86. The molecule has 2 N–H and O–H groups in total. The Morgan fingerprint density at radius 2 is 1.95 bits per heavy atom. The highest BCUT2D eigenvalue weighted by atomic mass is 16.5. The molecule has 2 aromatic rings. The van der Waals surface area contributed by atoms with Crippen molar-refractivity contribution in [3.05, 3.63) is 48.0 Å². The molecule has 1 unspecified atom stereocenters. The van der Waals surface area contributed by atoms with E-state index in [1.54, 1.807) is 0 Å². The summed E-state index contributed by atoms with van der Waals surface area (Å²) >= 11 is 0. The van der Waals surface area contributed by atoms with Crippen molar-refractivity contribution in [1.82, 2.24) is 0 Å². The van der Waals surface area contributed by atoms with Crippen LogP contribution in [0.4, 0.5) is 0 Å². The summed E-state index contributed by atoms with van der Waals surface area (Å²) in [4.78, 5) is 11.8. The molecule has 0 saturated heterocycles. The lowest BCUT2D eigenvalue weighted by molar-refractivity contribution is -0.147. The van der Waals surface area contributed by atoms with Gasteiger partial charge in [-0.2, -0.15) is 0 Å². The molecule has 19 heavy (non-hydrogen) atoms. The van der Waals surface area contributed by atoms with Gasteiger partial charge in [-0.25, -0.2) is 0 Å². The highest BCUT2D eigenvalue weighted by Crippen LogP contribution is 2.21. The minimum atomic E-state index is -0.272. The lowest BCUT2D eigenvalue weighted by Gasteiger charge is -2.14. The second-order valence-corrected chi connectivity index (χ2v) is 4.53. The SMILES string of the molecule is CCOC(=O)C(CN)Cc1cccc2ccccc12. The number of hydrogen-bond acceptors (Lipinski definition) is 3. The molecule has 3 nitrogen and oxygen atoms in total. The van der Waals surface area contributed by atoms with E-state index in [-0.39, 0.29) is 11.9 Å². The van der Waals surface area contributed by atoms with Gasteiger partial charge in [-0.15, -0.1) is 0 Å². The molecule has 0 heterocycles. The van der Waals surface area contributed by atoms with Crippen LogP contribution in [0.3, 0.4) is 0 Å². The monoisotopic (exact) mass is 257 g/mol. The molecule has 0 bridgehead atoms. The molecular weight excluding hydrogens is 238 g/mol. The van der Waals surface area contributed by atoms with Crippen LogP contribution in [0.2, 0.25) is 0 Å². The summed E-state index contributed by atoms with van der Waals surface area (Å²) in [6, 6.07) is 14.3. The van der Waals surface area contributed by atoms with Gasteiger partial charge in [0.05, 0.1) is 12.5 Å². The molecule has 3 heteroatoms. The molecular formula is C16H19NO2. The third-order valence-electron chi connectivity index (χ3n) is 3.25. The maximum absolute atomic E-state index is 11.8. The van der Waals surface area contributed by atoms with Gasteiger partial charge in [0.2, 0.25) is 0 Å². The topological polar surface area (TPSA) is 52.3 Å². The molecule has 0 aromatic heterocycles. The van der Waals surface area contributed by atoms with Crippen LogP contribution in [-0.2, 0) is 16.0 Å². The highest BCUT2D eigenvalue weighted by Gasteiger charge is 2.19. The van der Waals surface area contributed by atoms with Gasteiger partial charge in [-0.3, -0.25) is 4.79 Å². The van der Waals surface area contributed by atoms with E-state index in [0.717, 1.165) is 5.56 Å². The fourth-order valence-corrected chi connectivity index (χ4v) is 2.26. The Hall–Kier alpha value is -1.87. The fraction of sp³-hybridized carbons (Fsp3) is 0.312. The second kappa shape index (κ2) is 6.34. The number of carbonyl (C=O) groups is 1. The number of ether oxygens (including phenoxy) is 1. The van der Waals surface area contributed by atoms with Gasteiger partial charge in [0.1, 0.15) is 0 Å². The Balaban J connectivity index is 2.27. The fourth-order valence-electron chi connectivity index (χ4n) is 2.26. The third-order valence-corrected chi connectivity index (χ3v) is 3.25. The van der Waals surface area contributed by atoms with Crippen LogP contribution in [-0.4, -0.2) is 19.1 Å². The predicted octanol–water partition coefficient (Wildman–Crippen LogP) is 2.52. The zero-order valence-electron chi connectivity index (χ0n) is 11.1. The van der Waals surface area contributed by atoms with E-state index in [4.69, 9.17) is 10.5 Å². The largest absolute Gasteiger partial charge is 0.466 e. The number of hydrogen-bond donors (Lipinski definition) is 1. The standard InChI is InChI=1S/C16H19NO2/c1-2-19-16(18)14(11-17)10-13-8-5-7-12-6-3-4-9-15(12)13/h3-9,14H,2,10-11,17H2,1H3. The van der Waals surface area contributed by atoms with Crippen molar-refractivity contribution in [3.63, 3.8) is 0 Å². The summed E-state index contributed by atoms with van der Waals surface area (Å²) < 4.78 is 5.06. The molecule has 1 atom stereocenters. The van der Waals surface area contributed by atoms with Crippen LogP contribution < -0.4 is 5.73 Å². The Kier molecular flexibility index (Phi) is 4.53. The van der Waals surface area contributed by atoms with Crippen molar-refractivity contribution in [2.75, 3.05) is 13.2 Å². The van der Waals surface area contributed by atoms with E-state index >= 15 is 0 Å². The van der Waals surface area contributed by atoms with E-state index in [9.17, 15) is 4.79 Å².